The van der Waals surface area contributed by atoms with E-state index in [1.807, 2.05) is 0 Å². The van der Waals surface area contributed by atoms with Crippen molar-refractivity contribution < 1.29 is 25.6 Å². The highest BCUT2D eigenvalue weighted by atomic mass is 32.2. The first-order chi connectivity index (χ1) is 11.3. The highest BCUT2D eigenvalue weighted by molar-refractivity contribution is 7.87. The summed E-state index contributed by atoms with van der Waals surface area (Å²) in [5.74, 6) is -0.465. The molecule has 0 aliphatic carbocycles. The Morgan fingerprint density at radius 2 is 1.29 bits per heavy atom. The molecule has 0 spiro atoms. The highest BCUT2D eigenvalue weighted by Crippen LogP contribution is 2.29. The lowest BCUT2D eigenvalue weighted by Crippen LogP contribution is -2.12. The van der Waals surface area contributed by atoms with Crippen molar-refractivity contribution in [1.82, 2.24) is 0 Å². The first-order valence-electron chi connectivity index (χ1n) is 6.78. The van der Waals surface area contributed by atoms with E-state index in [0.717, 1.165) is 12.1 Å². The minimum absolute atomic E-state index is 0.0919. The van der Waals surface area contributed by atoms with E-state index in [-0.39, 0.29) is 4.90 Å². The molecule has 6 nitrogen and oxygen atoms in total. The second-order valence-electron chi connectivity index (χ2n) is 4.94. The van der Waals surface area contributed by atoms with E-state index >= 15 is 0 Å². The molecule has 0 unspecified atom stereocenters. The van der Waals surface area contributed by atoms with E-state index in [1.54, 1.807) is 36.4 Å². The fraction of sp³-hybridized carbons (Fsp3) is 0. The second kappa shape index (κ2) is 5.90. The minimum atomic E-state index is -4.62. The van der Waals surface area contributed by atoms with Crippen LogP contribution in [-0.2, 0) is 20.2 Å². The number of fused-ring (bicyclic) bond motifs is 1. The Labute approximate surface area is 139 Å². The fourth-order valence-electron chi connectivity index (χ4n) is 2.31. The maximum absolute atomic E-state index is 12.6. The van der Waals surface area contributed by atoms with Crippen LogP contribution in [0.2, 0.25) is 0 Å². The van der Waals surface area contributed by atoms with Gasteiger partial charge in [0.05, 0.1) is 0 Å². The molecule has 0 radical (unpaired) electrons. The lowest BCUT2D eigenvalue weighted by Gasteiger charge is -2.11. The molecule has 0 saturated heterocycles. The predicted octanol–water partition coefficient (Wildman–Crippen LogP) is 2.85. The Morgan fingerprint density at radius 1 is 0.708 bits per heavy atom. The van der Waals surface area contributed by atoms with Crippen LogP contribution in [0.1, 0.15) is 0 Å². The quantitative estimate of drug-likeness (QED) is 0.565. The summed E-state index contributed by atoms with van der Waals surface area (Å²) in [6.07, 6.45) is 0. The molecule has 0 aliphatic heterocycles. The maximum Gasteiger partial charge on any atom is 0.339 e. The SMILES string of the molecule is O=S(=O)(O)c1ccccc1OS(=O)(=O)c1cccc2ccccc12. The van der Waals surface area contributed by atoms with Crippen LogP contribution in [-0.4, -0.2) is 21.4 Å². The third kappa shape index (κ3) is 3.12. The second-order valence-corrected chi connectivity index (χ2v) is 7.84. The van der Waals surface area contributed by atoms with Crippen molar-refractivity contribution in [2.75, 3.05) is 0 Å². The average Bonchev–Trinajstić information content (AvgIpc) is 2.53. The Morgan fingerprint density at radius 3 is 2.04 bits per heavy atom. The molecule has 3 aromatic rings. The topological polar surface area (TPSA) is 97.7 Å². The van der Waals surface area contributed by atoms with Crippen molar-refractivity contribution in [3.05, 3.63) is 66.7 Å². The van der Waals surface area contributed by atoms with Crippen molar-refractivity contribution in [3.63, 3.8) is 0 Å². The van der Waals surface area contributed by atoms with Gasteiger partial charge in [0.1, 0.15) is 9.79 Å². The Hall–Kier alpha value is -2.42. The van der Waals surface area contributed by atoms with Gasteiger partial charge < -0.3 is 4.18 Å². The Kier molecular flexibility index (Phi) is 4.04. The fourth-order valence-corrected chi connectivity index (χ4v) is 4.15. The van der Waals surface area contributed by atoms with Gasteiger partial charge in [-0.15, -0.1) is 0 Å². The molecule has 0 atom stereocenters. The molecule has 0 amide bonds. The molecule has 24 heavy (non-hydrogen) atoms. The van der Waals surface area contributed by atoms with E-state index in [9.17, 15) is 21.4 Å². The molecule has 0 aromatic heterocycles. The normalized spacial score (nSPS) is 12.2. The van der Waals surface area contributed by atoms with Crippen molar-refractivity contribution in [2.24, 2.45) is 0 Å². The number of hydrogen-bond donors (Lipinski definition) is 1. The average molecular weight is 364 g/mol. The summed E-state index contributed by atoms with van der Waals surface area (Å²) in [5.41, 5.74) is 0. The Balaban J connectivity index is 2.14. The van der Waals surface area contributed by atoms with Crippen LogP contribution in [0.4, 0.5) is 0 Å². The summed E-state index contributed by atoms with van der Waals surface area (Å²) in [7, 11) is -8.92. The molecule has 0 aliphatic rings. The number of hydrogen-bond acceptors (Lipinski definition) is 5. The number of benzene rings is 3. The smallest absolute Gasteiger partial charge is 0.339 e. The first-order valence-corrected chi connectivity index (χ1v) is 9.63. The summed E-state index contributed by atoms with van der Waals surface area (Å²) in [4.78, 5) is -0.709. The van der Waals surface area contributed by atoms with Crippen molar-refractivity contribution in [1.29, 1.82) is 0 Å². The van der Waals surface area contributed by atoms with Gasteiger partial charge in [0.2, 0.25) is 0 Å². The molecular formula is C16H12O6S2. The van der Waals surface area contributed by atoms with Crippen LogP contribution >= 0.6 is 0 Å². The Bertz CT molecular complexity index is 1110. The molecule has 1 N–H and O–H groups in total. The van der Waals surface area contributed by atoms with Crippen LogP contribution in [0.3, 0.4) is 0 Å². The largest absolute Gasteiger partial charge is 0.377 e. The summed E-state index contributed by atoms with van der Waals surface area (Å²) < 4.78 is 62.1. The number of rotatable bonds is 4. The van der Waals surface area contributed by atoms with Gasteiger partial charge in [-0.1, -0.05) is 48.5 Å². The molecule has 0 saturated carbocycles. The van der Waals surface area contributed by atoms with E-state index in [2.05, 4.69) is 0 Å². The summed E-state index contributed by atoms with van der Waals surface area (Å²) in [5, 5.41) is 1.15. The zero-order valence-electron chi connectivity index (χ0n) is 12.2. The van der Waals surface area contributed by atoms with Gasteiger partial charge in [0.15, 0.2) is 5.75 Å². The zero-order valence-corrected chi connectivity index (χ0v) is 13.8. The van der Waals surface area contributed by atoms with Gasteiger partial charge in [-0.05, 0) is 23.6 Å². The van der Waals surface area contributed by atoms with E-state index in [4.69, 9.17) is 4.18 Å². The van der Waals surface area contributed by atoms with Crippen molar-refractivity contribution >= 4 is 31.0 Å². The molecular weight excluding hydrogens is 352 g/mol. The summed E-state index contributed by atoms with van der Waals surface area (Å²) in [6, 6.07) is 16.5. The van der Waals surface area contributed by atoms with E-state index < -0.39 is 30.9 Å². The lowest BCUT2D eigenvalue weighted by atomic mass is 10.1. The van der Waals surface area contributed by atoms with Gasteiger partial charge in [-0.2, -0.15) is 16.8 Å². The molecule has 3 rings (SSSR count). The van der Waals surface area contributed by atoms with Crippen LogP contribution < -0.4 is 4.18 Å². The highest BCUT2D eigenvalue weighted by Gasteiger charge is 2.24. The van der Waals surface area contributed by atoms with Gasteiger partial charge >= 0.3 is 10.1 Å². The molecule has 0 heterocycles. The predicted molar refractivity (Wildman–Crippen MR) is 88.0 cm³/mol. The maximum atomic E-state index is 12.6. The van der Waals surface area contributed by atoms with Gasteiger partial charge in [0, 0.05) is 5.39 Å². The molecule has 8 heteroatoms. The minimum Gasteiger partial charge on any atom is -0.377 e. The third-order valence-corrected chi connectivity index (χ3v) is 5.53. The van der Waals surface area contributed by atoms with Crippen molar-refractivity contribution in [3.8, 4) is 5.75 Å². The third-order valence-electron chi connectivity index (χ3n) is 3.35. The lowest BCUT2D eigenvalue weighted by molar-refractivity contribution is 0.464. The van der Waals surface area contributed by atoms with Crippen LogP contribution in [0.25, 0.3) is 10.8 Å². The van der Waals surface area contributed by atoms with Crippen LogP contribution in [0.15, 0.2) is 76.5 Å². The standard InChI is InChI=1S/C16H12O6S2/c17-23(18,19)16-10-4-3-9-14(16)22-24(20,21)15-11-5-7-12-6-1-2-8-13(12)15/h1-11H,(H,17,18,19). The molecule has 124 valence electrons. The van der Waals surface area contributed by atoms with Gasteiger partial charge in [-0.3, -0.25) is 4.55 Å². The summed E-state index contributed by atoms with van der Waals surface area (Å²) >= 11 is 0. The van der Waals surface area contributed by atoms with Crippen LogP contribution in [0, 0.1) is 0 Å². The molecule has 3 aromatic carbocycles. The van der Waals surface area contributed by atoms with Gasteiger partial charge in [0.25, 0.3) is 10.1 Å². The number of para-hydroxylation sites is 1. The van der Waals surface area contributed by atoms with Crippen LogP contribution in [0.5, 0.6) is 5.75 Å². The molecule has 0 bridgehead atoms. The van der Waals surface area contributed by atoms with Crippen molar-refractivity contribution in [2.45, 2.75) is 9.79 Å². The van der Waals surface area contributed by atoms with E-state index in [1.165, 1.54) is 18.2 Å². The van der Waals surface area contributed by atoms with E-state index in [0.29, 0.717) is 10.8 Å². The summed E-state index contributed by atoms with van der Waals surface area (Å²) in [6.45, 7) is 0. The monoisotopic (exact) mass is 364 g/mol. The first kappa shape index (κ1) is 16.4. The zero-order chi connectivity index (χ0) is 17.4. The van der Waals surface area contributed by atoms with Gasteiger partial charge in [-0.25, -0.2) is 0 Å². The molecule has 0 fully saturated rings.